The third-order valence-electron chi connectivity index (χ3n) is 4.32. The van der Waals surface area contributed by atoms with E-state index in [2.05, 4.69) is 10.0 Å². The number of nitrogens with one attached hydrogen (secondary N) is 2. The molecule has 0 fully saturated rings. The van der Waals surface area contributed by atoms with Gasteiger partial charge in [-0.05, 0) is 48.4 Å². The smallest absolute Gasteiger partial charge is 0.258 e. The van der Waals surface area contributed by atoms with Crippen molar-refractivity contribution in [2.75, 3.05) is 5.32 Å². The minimum Gasteiger partial charge on any atom is -0.322 e. The van der Waals surface area contributed by atoms with Crippen molar-refractivity contribution >= 4 is 33.2 Å². The lowest BCUT2D eigenvalue weighted by molar-refractivity contribution is 0.102. The Bertz CT molecular complexity index is 1150. The zero-order chi connectivity index (χ0) is 21.0. The molecule has 0 spiro atoms. The van der Waals surface area contributed by atoms with Gasteiger partial charge in [0, 0.05) is 17.3 Å². The van der Waals surface area contributed by atoms with Gasteiger partial charge in [-0.1, -0.05) is 48.0 Å². The second-order valence-electron chi connectivity index (χ2n) is 6.32. The monoisotopic (exact) mass is 432 g/mol. The number of amides is 1. The summed E-state index contributed by atoms with van der Waals surface area (Å²) in [4.78, 5) is 12.3. The first kappa shape index (κ1) is 21.0. The molecule has 0 bridgehead atoms. The molecule has 29 heavy (non-hydrogen) atoms. The molecule has 0 unspecified atom stereocenters. The molecule has 0 saturated carbocycles. The lowest BCUT2D eigenvalue weighted by Crippen LogP contribution is -2.24. The normalized spacial score (nSPS) is 11.3. The quantitative estimate of drug-likeness (QED) is 0.601. The Balaban J connectivity index is 1.83. The van der Waals surface area contributed by atoms with Gasteiger partial charge in [0.2, 0.25) is 10.0 Å². The molecule has 3 rings (SSSR count). The summed E-state index contributed by atoms with van der Waals surface area (Å²) in [5, 5.41) is 3.01. The van der Waals surface area contributed by atoms with Gasteiger partial charge in [0.1, 0.15) is 5.82 Å². The van der Waals surface area contributed by atoms with Gasteiger partial charge in [-0.2, -0.15) is 0 Å². The van der Waals surface area contributed by atoms with Crippen molar-refractivity contribution in [2.45, 2.75) is 18.4 Å². The molecular formula is C21H18ClFN2O3S. The van der Waals surface area contributed by atoms with Gasteiger partial charge in [0.15, 0.2) is 0 Å². The molecule has 5 nitrogen and oxygen atoms in total. The summed E-state index contributed by atoms with van der Waals surface area (Å²) in [5.74, 6) is -1.60. The Morgan fingerprint density at radius 1 is 1.03 bits per heavy atom. The molecule has 3 aromatic carbocycles. The summed E-state index contributed by atoms with van der Waals surface area (Å²) in [6.45, 7) is 1.78. The predicted octanol–water partition coefficient (Wildman–Crippen LogP) is 4.52. The Morgan fingerprint density at radius 2 is 1.76 bits per heavy atom. The van der Waals surface area contributed by atoms with Crippen LogP contribution in [0.2, 0.25) is 5.02 Å². The lowest BCUT2D eigenvalue weighted by Gasteiger charge is -2.12. The first-order chi connectivity index (χ1) is 13.8. The molecule has 0 heterocycles. The highest BCUT2D eigenvalue weighted by molar-refractivity contribution is 7.89. The molecule has 0 aliphatic rings. The van der Waals surface area contributed by atoms with Crippen LogP contribution in [0.4, 0.5) is 10.1 Å². The van der Waals surface area contributed by atoms with Crippen LogP contribution in [-0.2, 0) is 16.6 Å². The first-order valence-electron chi connectivity index (χ1n) is 8.67. The van der Waals surface area contributed by atoms with E-state index in [0.717, 1.165) is 23.8 Å². The van der Waals surface area contributed by atoms with Gasteiger partial charge >= 0.3 is 0 Å². The minimum atomic E-state index is -3.94. The fourth-order valence-corrected chi connectivity index (χ4v) is 3.85. The number of benzene rings is 3. The first-order valence-corrected chi connectivity index (χ1v) is 10.5. The van der Waals surface area contributed by atoms with E-state index < -0.39 is 21.7 Å². The molecule has 3 aromatic rings. The van der Waals surface area contributed by atoms with Gasteiger partial charge in [-0.15, -0.1) is 0 Å². The Morgan fingerprint density at radius 3 is 2.48 bits per heavy atom. The zero-order valence-corrected chi connectivity index (χ0v) is 17.0. The van der Waals surface area contributed by atoms with Crippen LogP contribution in [0, 0.1) is 12.7 Å². The SMILES string of the molecule is Cc1c(Cl)cccc1NC(=O)c1cc(S(=O)(=O)NCc2ccccc2)ccc1F. The van der Waals surface area contributed by atoms with E-state index in [1.165, 1.54) is 0 Å². The third-order valence-corrected chi connectivity index (χ3v) is 6.13. The van der Waals surface area contributed by atoms with Crippen LogP contribution in [0.3, 0.4) is 0 Å². The number of halogens is 2. The van der Waals surface area contributed by atoms with E-state index in [1.807, 2.05) is 6.07 Å². The molecule has 8 heteroatoms. The lowest BCUT2D eigenvalue weighted by atomic mass is 10.1. The minimum absolute atomic E-state index is 0.0732. The second-order valence-corrected chi connectivity index (χ2v) is 8.49. The molecular weight excluding hydrogens is 415 g/mol. The average molecular weight is 433 g/mol. The van der Waals surface area contributed by atoms with Crippen molar-refractivity contribution in [1.29, 1.82) is 0 Å². The Hall–Kier alpha value is -2.74. The van der Waals surface area contributed by atoms with Crippen LogP contribution in [0.5, 0.6) is 0 Å². The van der Waals surface area contributed by atoms with Gasteiger partial charge in [-0.25, -0.2) is 17.5 Å². The number of carbonyl (C=O) groups is 1. The summed E-state index contributed by atoms with van der Waals surface area (Å²) in [6.07, 6.45) is 0. The number of carbonyl (C=O) groups excluding carboxylic acids is 1. The maximum absolute atomic E-state index is 14.2. The molecule has 2 N–H and O–H groups in total. The molecule has 150 valence electrons. The van der Waals surface area contributed by atoms with Crippen LogP contribution >= 0.6 is 11.6 Å². The fraction of sp³-hybridized carbons (Fsp3) is 0.0952. The number of hydrogen-bond acceptors (Lipinski definition) is 3. The summed E-state index contributed by atoms with van der Waals surface area (Å²) < 4.78 is 41.8. The molecule has 0 saturated heterocycles. The van der Waals surface area contributed by atoms with E-state index in [9.17, 15) is 17.6 Å². The number of sulfonamides is 1. The fourth-order valence-electron chi connectivity index (χ4n) is 2.64. The maximum Gasteiger partial charge on any atom is 0.258 e. The number of rotatable bonds is 6. The topological polar surface area (TPSA) is 75.3 Å². The van der Waals surface area contributed by atoms with Crippen molar-refractivity contribution in [3.05, 3.63) is 94.3 Å². The zero-order valence-electron chi connectivity index (χ0n) is 15.4. The van der Waals surface area contributed by atoms with Crippen molar-refractivity contribution < 1.29 is 17.6 Å². The van der Waals surface area contributed by atoms with Crippen LogP contribution in [0.15, 0.2) is 71.6 Å². The van der Waals surface area contributed by atoms with E-state index in [1.54, 1.807) is 49.4 Å². The second kappa shape index (κ2) is 8.73. The standard InChI is InChI=1S/C21H18ClFN2O3S/c1-14-18(22)8-5-9-20(14)25-21(26)17-12-16(10-11-19(17)23)29(27,28)24-13-15-6-3-2-4-7-15/h2-12,24H,13H2,1H3,(H,25,26). The summed E-state index contributed by atoms with van der Waals surface area (Å²) in [7, 11) is -3.94. The van der Waals surface area contributed by atoms with E-state index in [4.69, 9.17) is 11.6 Å². The van der Waals surface area contributed by atoms with Crippen LogP contribution in [0.25, 0.3) is 0 Å². The van der Waals surface area contributed by atoms with Gasteiger partial charge < -0.3 is 5.32 Å². The highest BCUT2D eigenvalue weighted by Crippen LogP contribution is 2.24. The highest BCUT2D eigenvalue weighted by atomic mass is 35.5. The largest absolute Gasteiger partial charge is 0.322 e. The average Bonchev–Trinajstić information content (AvgIpc) is 2.71. The number of anilines is 1. The van der Waals surface area contributed by atoms with E-state index >= 15 is 0 Å². The van der Waals surface area contributed by atoms with Crippen molar-refractivity contribution in [2.24, 2.45) is 0 Å². The molecule has 0 radical (unpaired) electrons. The van der Waals surface area contributed by atoms with Crippen LogP contribution < -0.4 is 10.0 Å². The summed E-state index contributed by atoms with van der Waals surface area (Å²) >= 11 is 6.03. The molecule has 0 aliphatic carbocycles. The van der Waals surface area contributed by atoms with Gasteiger partial charge in [-0.3, -0.25) is 4.79 Å². The molecule has 1 amide bonds. The van der Waals surface area contributed by atoms with E-state index in [0.29, 0.717) is 16.3 Å². The summed E-state index contributed by atoms with van der Waals surface area (Å²) in [5.41, 5.74) is 1.42. The molecule has 0 aliphatic heterocycles. The van der Waals surface area contributed by atoms with E-state index in [-0.39, 0.29) is 17.0 Å². The highest BCUT2D eigenvalue weighted by Gasteiger charge is 2.20. The van der Waals surface area contributed by atoms with Gasteiger partial charge in [0.05, 0.1) is 10.5 Å². The van der Waals surface area contributed by atoms with Crippen molar-refractivity contribution in [3.8, 4) is 0 Å². The third kappa shape index (κ3) is 5.00. The van der Waals surface area contributed by atoms with Crippen molar-refractivity contribution in [3.63, 3.8) is 0 Å². The predicted molar refractivity (Wildman–Crippen MR) is 111 cm³/mol. The Labute approximate surface area is 173 Å². The van der Waals surface area contributed by atoms with Crippen LogP contribution in [-0.4, -0.2) is 14.3 Å². The van der Waals surface area contributed by atoms with Crippen LogP contribution in [0.1, 0.15) is 21.5 Å². The molecule has 0 aromatic heterocycles. The number of hydrogen-bond donors (Lipinski definition) is 2. The maximum atomic E-state index is 14.2. The van der Waals surface area contributed by atoms with Crippen molar-refractivity contribution in [1.82, 2.24) is 4.72 Å². The van der Waals surface area contributed by atoms with Gasteiger partial charge in [0.25, 0.3) is 5.91 Å². The summed E-state index contributed by atoms with van der Waals surface area (Å²) in [6, 6.07) is 17.0. The molecule has 0 atom stereocenters. The Kier molecular flexibility index (Phi) is 6.32.